The van der Waals surface area contributed by atoms with Crippen molar-refractivity contribution in [2.75, 3.05) is 18.8 Å². The van der Waals surface area contributed by atoms with Gasteiger partial charge in [0, 0.05) is 39.2 Å². The van der Waals surface area contributed by atoms with Crippen molar-refractivity contribution in [3.63, 3.8) is 0 Å². The second-order valence-corrected chi connectivity index (χ2v) is 6.95. The van der Waals surface area contributed by atoms with Crippen LogP contribution in [0.1, 0.15) is 41.8 Å². The first-order valence-electron chi connectivity index (χ1n) is 9.25. The minimum absolute atomic E-state index is 0.0112. The van der Waals surface area contributed by atoms with E-state index in [1.807, 2.05) is 16.4 Å². The lowest BCUT2D eigenvalue weighted by Crippen LogP contribution is -2.39. The highest BCUT2D eigenvalue weighted by Gasteiger charge is 2.25. The first-order chi connectivity index (χ1) is 13.0. The number of nitrogens with zero attached hydrogens (tertiary/aromatic N) is 6. The molecule has 27 heavy (non-hydrogen) atoms. The Morgan fingerprint density at radius 1 is 1.33 bits per heavy atom. The monoisotopic (exact) mass is 369 g/mol. The van der Waals surface area contributed by atoms with Crippen molar-refractivity contribution in [1.82, 2.24) is 29.6 Å². The molecule has 3 aromatic rings. The van der Waals surface area contributed by atoms with Crippen LogP contribution in [-0.2, 0) is 13.0 Å². The topological polar surface area (TPSA) is 116 Å². The van der Waals surface area contributed by atoms with Gasteiger partial charge in [0.25, 0.3) is 5.91 Å². The van der Waals surface area contributed by atoms with Crippen LogP contribution in [0.25, 0.3) is 11.2 Å². The fraction of sp³-hybridized carbons (Fsp3) is 0.500. The maximum Gasteiger partial charge on any atom is 0.255 e. The van der Waals surface area contributed by atoms with E-state index in [4.69, 9.17) is 10.3 Å². The number of pyridine rings is 1. The number of carbonyl (C=O) groups is 1. The van der Waals surface area contributed by atoms with E-state index >= 15 is 0 Å². The van der Waals surface area contributed by atoms with Gasteiger partial charge in [-0.25, -0.2) is 9.97 Å². The van der Waals surface area contributed by atoms with Crippen molar-refractivity contribution in [3.05, 3.63) is 29.5 Å². The number of fused-ring (bicyclic) bond motifs is 1. The molecule has 4 heterocycles. The molecule has 0 atom stereocenters. The van der Waals surface area contributed by atoms with E-state index in [9.17, 15) is 4.79 Å². The van der Waals surface area contributed by atoms with Crippen molar-refractivity contribution in [3.8, 4) is 0 Å². The Morgan fingerprint density at radius 3 is 2.78 bits per heavy atom. The van der Waals surface area contributed by atoms with Crippen molar-refractivity contribution < 1.29 is 9.32 Å². The molecule has 142 valence electrons. The van der Waals surface area contributed by atoms with Gasteiger partial charge in [0.1, 0.15) is 5.52 Å². The number of likely N-dealkylation sites (tertiary alicyclic amines) is 1. The zero-order chi connectivity index (χ0) is 19.0. The number of nitrogens with two attached hydrogens (primary N) is 1. The molecule has 1 amide bonds. The highest BCUT2D eigenvalue weighted by atomic mass is 16.5. The van der Waals surface area contributed by atoms with Crippen LogP contribution in [0.5, 0.6) is 0 Å². The number of amides is 1. The second kappa shape index (κ2) is 6.98. The van der Waals surface area contributed by atoms with Gasteiger partial charge in [-0.15, -0.1) is 0 Å². The Hall–Kier alpha value is -2.97. The third kappa shape index (κ3) is 3.36. The van der Waals surface area contributed by atoms with Gasteiger partial charge in [-0.05, 0) is 31.7 Å². The molecule has 0 aliphatic carbocycles. The first kappa shape index (κ1) is 17.4. The molecule has 1 aliphatic rings. The summed E-state index contributed by atoms with van der Waals surface area (Å²) in [5.74, 6) is 2.21. The second-order valence-electron chi connectivity index (χ2n) is 6.95. The molecule has 1 aliphatic heterocycles. The number of nitrogen functional groups attached to an aromatic ring is 1. The lowest BCUT2D eigenvalue weighted by atomic mass is 9.93. The van der Waals surface area contributed by atoms with Crippen molar-refractivity contribution >= 4 is 23.0 Å². The van der Waals surface area contributed by atoms with E-state index in [-0.39, 0.29) is 5.91 Å². The summed E-state index contributed by atoms with van der Waals surface area (Å²) in [5.41, 5.74) is 7.83. The quantitative estimate of drug-likeness (QED) is 0.745. The predicted octanol–water partition coefficient (Wildman–Crippen LogP) is 1.82. The van der Waals surface area contributed by atoms with Gasteiger partial charge in [0.15, 0.2) is 11.5 Å². The Balaban J connectivity index is 1.42. The Labute approximate surface area is 156 Å². The molecule has 1 saturated heterocycles. The molecule has 3 aromatic heterocycles. The van der Waals surface area contributed by atoms with Crippen molar-refractivity contribution in [1.29, 1.82) is 0 Å². The molecule has 9 heteroatoms. The Morgan fingerprint density at radius 2 is 2.11 bits per heavy atom. The summed E-state index contributed by atoms with van der Waals surface area (Å²) >= 11 is 0. The van der Waals surface area contributed by atoms with E-state index in [0.29, 0.717) is 54.1 Å². The molecule has 0 unspecified atom stereocenters. The van der Waals surface area contributed by atoms with Crippen LogP contribution >= 0.6 is 0 Å². The third-order valence-corrected chi connectivity index (χ3v) is 5.12. The zero-order valence-electron chi connectivity index (χ0n) is 15.6. The maximum atomic E-state index is 12.9. The molecule has 1 fully saturated rings. The van der Waals surface area contributed by atoms with Crippen molar-refractivity contribution in [2.45, 2.75) is 39.7 Å². The van der Waals surface area contributed by atoms with Gasteiger partial charge in [-0.3, -0.25) is 9.36 Å². The number of rotatable bonds is 4. The van der Waals surface area contributed by atoms with Crippen LogP contribution in [0.15, 0.2) is 16.8 Å². The lowest BCUT2D eigenvalue weighted by molar-refractivity contribution is 0.0689. The van der Waals surface area contributed by atoms with Gasteiger partial charge in [0.2, 0.25) is 11.8 Å². The molecule has 9 nitrogen and oxygen atoms in total. The number of carbonyl (C=O) groups excluding carboxylic acids is 1. The largest absolute Gasteiger partial charge is 0.369 e. The summed E-state index contributed by atoms with van der Waals surface area (Å²) in [6.45, 7) is 5.89. The summed E-state index contributed by atoms with van der Waals surface area (Å²) in [6, 6.07) is 1.78. The predicted molar refractivity (Wildman–Crippen MR) is 99.0 cm³/mol. The molecule has 4 rings (SSSR count). The van der Waals surface area contributed by atoms with Crippen LogP contribution in [0.4, 0.5) is 5.95 Å². The van der Waals surface area contributed by atoms with Crippen LogP contribution < -0.4 is 5.73 Å². The van der Waals surface area contributed by atoms with Gasteiger partial charge in [-0.2, -0.15) is 4.98 Å². The van der Waals surface area contributed by atoms with Crippen LogP contribution in [0.2, 0.25) is 0 Å². The van der Waals surface area contributed by atoms with E-state index in [1.165, 1.54) is 0 Å². The number of piperidine rings is 1. The third-order valence-electron chi connectivity index (χ3n) is 5.12. The molecule has 0 spiro atoms. The summed E-state index contributed by atoms with van der Waals surface area (Å²) < 4.78 is 6.86. The zero-order valence-corrected chi connectivity index (χ0v) is 15.6. The molecular formula is C18H23N7O2. The fourth-order valence-electron chi connectivity index (χ4n) is 3.66. The van der Waals surface area contributed by atoms with Gasteiger partial charge in [0.05, 0.1) is 5.56 Å². The highest BCUT2D eigenvalue weighted by molar-refractivity contribution is 5.96. The number of hydrogen-bond donors (Lipinski definition) is 1. The maximum absolute atomic E-state index is 12.9. The SMILES string of the molecule is CCn1c(N)nc2cc(C(=O)N3CCC(Cc4noc(C)n4)CC3)cnc21. The molecular weight excluding hydrogens is 346 g/mol. The molecule has 0 aromatic carbocycles. The smallest absolute Gasteiger partial charge is 0.255 e. The average molecular weight is 369 g/mol. The summed E-state index contributed by atoms with van der Waals surface area (Å²) in [7, 11) is 0. The van der Waals surface area contributed by atoms with Gasteiger partial charge >= 0.3 is 0 Å². The summed E-state index contributed by atoms with van der Waals surface area (Å²) in [5, 5.41) is 3.96. The fourth-order valence-corrected chi connectivity index (χ4v) is 3.66. The number of anilines is 1. The Kier molecular flexibility index (Phi) is 4.51. The van der Waals surface area contributed by atoms with Crippen LogP contribution in [-0.4, -0.2) is 48.6 Å². The van der Waals surface area contributed by atoms with Gasteiger partial charge in [-0.1, -0.05) is 5.16 Å². The van der Waals surface area contributed by atoms with Gasteiger partial charge < -0.3 is 15.2 Å². The normalized spacial score (nSPS) is 15.6. The number of hydrogen-bond acceptors (Lipinski definition) is 7. The van der Waals surface area contributed by atoms with E-state index < -0.39 is 0 Å². The lowest BCUT2D eigenvalue weighted by Gasteiger charge is -2.31. The molecule has 0 bridgehead atoms. The molecule has 0 saturated carbocycles. The minimum atomic E-state index is -0.0112. The summed E-state index contributed by atoms with van der Waals surface area (Å²) in [4.78, 5) is 27.7. The van der Waals surface area contributed by atoms with E-state index in [1.54, 1.807) is 19.2 Å². The molecule has 2 N–H and O–H groups in total. The standard InChI is InChI=1S/C18H23N7O2/c1-3-25-16-14(22-18(25)19)9-13(10-20-16)17(26)24-6-4-12(5-7-24)8-15-21-11(2)27-23-15/h9-10,12H,3-8H2,1-2H3,(H2,19,22). The first-order valence-corrected chi connectivity index (χ1v) is 9.25. The van der Waals surface area contributed by atoms with Crippen LogP contribution in [0, 0.1) is 12.8 Å². The number of aromatic nitrogens is 5. The van der Waals surface area contributed by atoms with E-state index in [2.05, 4.69) is 20.1 Å². The highest BCUT2D eigenvalue weighted by Crippen LogP contribution is 2.23. The van der Waals surface area contributed by atoms with Crippen LogP contribution in [0.3, 0.4) is 0 Å². The van der Waals surface area contributed by atoms with Crippen molar-refractivity contribution in [2.24, 2.45) is 5.92 Å². The average Bonchev–Trinajstić information content (AvgIpc) is 3.22. The number of imidazole rings is 1. The number of aryl methyl sites for hydroxylation is 2. The minimum Gasteiger partial charge on any atom is -0.369 e. The Bertz CT molecular complexity index is 969. The molecule has 0 radical (unpaired) electrons. The summed E-state index contributed by atoms with van der Waals surface area (Å²) in [6.07, 6.45) is 4.26. The van der Waals surface area contributed by atoms with E-state index in [0.717, 1.165) is 25.1 Å².